The minimum atomic E-state index is -0.501. The van der Waals surface area contributed by atoms with Crippen LogP contribution in [0.5, 0.6) is 0 Å². The van der Waals surface area contributed by atoms with Crippen molar-refractivity contribution in [1.82, 2.24) is 10.2 Å². The van der Waals surface area contributed by atoms with Crippen LogP contribution in [-0.2, 0) is 20.7 Å². The van der Waals surface area contributed by atoms with E-state index in [-0.39, 0.29) is 24.1 Å². The second kappa shape index (κ2) is 9.51. The van der Waals surface area contributed by atoms with Crippen LogP contribution < -0.4 is 5.32 Å². The maximum atomic E-state index is 12.9. The molecule has 2 rings (SSSR count). The van der Waals surface area contributed by atoms with Crippen molar-refractivity contribution in [3.63, 3.8) is 0 Å². The molecule has 0 saturated carbocycles. The Morgan fingerprint density at radius 1 is 1.20 bits per heavy atom. The van der Waals surface area contributed by atoms with E-state index in [4.69, 9.17) is 4.74 Å². The van der Waals surface area contributed by atoms with Crippen LogP contribution in [0.15, 0.2) is 24.3 Å². The van der Waals surface area contributed by atoms with Gasteiger partial charge in [0.1, 0.15) is 11.9 Å². The van der Waals surface area contributed by atoms with Gasteiger partial charge in [-0.05, 0) is 36.5 Å². The van der Waals surface area contributed by atoms with Gasteiger partial charge in [-0.3, -0.25) is 9.59 Å². The molecule has 1 saturated heterocycles. The summed E-state index contributed by atoms with van der Waals surface area (Å²) in [6.45, 7) is 6.28. The lowest BCUT2D eigenvalue weighted by atomic mass is 10.0. The molecular formula is C19H27FN2O3. The average molecular weight is 350 g/mol. The fourth-order valence-corrected chi connectivity index (χ4v) is 2.87. The highest BCUT2D eigenvalue weighted by atomic mass is 19.1. The summed E-state index contributed by atoms with van der Waals surface area (Å²) >= 11 is 0. The summed E-state index contributed by atoms with van der Waals surface area (Å²) < 4.78 is 18.2. The number of hydrogen-bond donors (Lipinski definition) is 1. The number of nitrogens with one attached hydrogen (secondary N) is 1. The Kier molecular flexibility index (Phi) is 7.37. The predicted octanol–water partition coefficient (Wildman–Crippen LogP) is 2.15. The number of amides is 2. The molecule has 1 atom stereocenters. The molecule has 5 nitrogen and oxygen atoms in total. The molecule has 0 radical (unpaired) electrons. The van der Waals surface area contributed by atoms with Crippen LogP contribution in [-0.4, -0.2) is 49.1 Å². The Bertz CT molecular complexity index is 569. The van der Waals surface area contributed by atoms with Crippen LogP contribution in [0.2, 0.25) is 0 Å². The summed E-state index contributed by atoms with van der Waals surface area (Å²) in [5.74, 6) is -0.183. The van der Waals surface area contributed by atoms with Crippen LogP contribution in [0.25, 0.3) is 0 Å². The SMILES string of the molecule is CC(C)CC(NC(=O)CCc1ccc(F)cc1)C(=O)N1CCOCC1. The first kappa shape index (κ1) is 19.4. The third-order valence-electron chi connectivity index (χ3n) is 4.22. The third-order valence-corrected chi connectivity index (χ3v) is 4.22. The Labute approximate surface area is 148 Å². The first-order chi connectivity index (χ1) is 12.0. The Morgan fingerprint density at radius 3 is 2.44 bits per heavy atom. The monoisotopic (exact) mass is 350 g/mol. The van der Waals surface area contributed by atoms with Crippen molar-refractivity contribution in [3.8, 4) is 0 Å². The molecule has 1 heterocycles. The molecule has 0 bridgehead atoms. The lowest BCUT2D eigenvalue weighted by molar-refractivity contribution is -0.140. The van der Waals surface area contributed by atoms with Crippen molar-refractivity contribution in [2.24, 2.45) is 5.92 Å². The van der Waals surface area contributed by atoms with E-state index in [1.165, 1.54) is 12.1 Å². The molecule has 1 fully saturated rings. The van der Waals surface area contributed by atoms with E-state index < -0.39 is 6.04 Å². The number of carbonyl (C=O) groups is 2. The molecule has 138 valence electrons. The number of ether oxygens (including phenoxy) is 1. The summed E-state index contributed by atoms with van der Waals surface area (Å²) in [5, 5.41) is 2.88. The summed E-state index contributed by atoms with van der Waals surface area (Å²) in [6.07, 6.45) is 1.40. The van der Waals surface area contributed by atoms with Crippen LogP contribution in [0.1, 0.15) is 32.3 Å². The van der Waals surface area contributed by atoms with Crippen molar-refractivity contribution in [1.29, 1.82) is 0 Å². The first-order valence-electron chi connectivity index (χ1n) is 8.86. The highest BCUT2D eigenvalue weighted by Gasteiger charge is 2.27. The van der Waals surface area contributed by atoms with Crippen LogP contribution in [0.3, 0.4) is 0 Å². The summed E-state index contributed by atoms with van der Waals surface area (Å²) in [5.41, 5.74) is 0.900. The topological polar surface area (TPSA) is 58.6 Å². The second-order valence-corrected chi connectivity index (χ2v) is 6.81. The Morgan fingerprint density at radius 2 is 1.84 bits per heavy atom. The molecular weight excluding hydrogens is 323 g/mol. The second-order valence-electron chi connectivity index (χ2n) is 6.81. The van der Waals surface area contributed by atoms with Gasteiger partial charge in [0.15, 0.2) is 0 Å². The fourth-order valence-electron chi connectivity index (χ4n) is 2.87. The zero-order valence-corrected chi connectivity index (χ0v) is 15.0. The van der Waals surface area contributed by atoms with Gasteiger partial charge in [-0.1, -0.05) is 26.0 Å². The smallest absolute Gasteiger partial charge is 0.245 e. The molecule has 6 heteroatoms. The molecule has 0 aliphatic carbocycles. The van der Waals surface area contributed by atoms with Gasteiger partial charge in [0.25, 0.3) is 0 Å². The highest BCUT2D eigenvalue weighted by Crippen LogP contribution is 2.11. The molecule has 2 amide bonds. The fraction of sp³-hybridized carbons (Fsp3) is 0.579. The number of hydrogen-bond acceptors (Lipinski definition) is 3. The summed E-state index contributed by atoms with van der Waals surface area (Å²) in [4.78, 5) is 26.7. The summed E-state index contributed by atoms with van der Waals surface area (Å²) in [6, 6.07) is 5.62. The lowest BCUT2D eigenvalue weighted by Crippen LogP contribution is -2.52. The quantitative estimate of drug-likeness (QED) is 0.820. The number of carbonyl (C=O) groups excluding carboxylic acids is 2. The van der Waals surface area contributed by atoms with Crippen molar-refractivity contribution < 1.29 is 18.7 Å². The number of morpholine rings is 1. The standard InChI is InChI=1S/C19H27FN2O3/c1-14(2)13-17(19(24)22-9-11-25-12-10-22)21-18(23)8-5-15-3-6-16(20)7-4-15/h3-4,6-7,14,17H,5,8-13H2,1-2H3,(H,21,23). The maximum absolute atomic E-state index is 12.9. The van der Waals surface area contributed by atoms with E-state index in [1.54, 1.807) is 17.0 Å². The number of nitrogens with zero attached hydrogens (tertiary/aromatic N) is 1. The van der Waals surface area contributed by atoms with Gasteiger partial charge in [-0.25, -0.2) is 4.39 Å². The normalized spacial score (nSPS) is 15.9. The van der Waals surface area contributed by atoms with Gasteiger partial charge in [-0.15, -0.1) is 0 Å². The van der Waals surface area contributed by atoms with Crippen molar-refractivity contribution in [2.45, 2.75) is 39.2 Å². The molecule has 0 spiro atoms. The third kappa shape index (κ3) is 6.46. The zero-order chi connectivity index (χ0) is 18.2. The van der Waals surface area contributed by atoms with Gasteiger partial charge in [-0.2, -0.15) is 0 Å². The minimum absolute atomic E-state index is 0.0351. The molecule has 1 aliphatic heterocycles. The van der Waals surface area contributed by atoms with Crippen LogP contribution in [0.4, 0.5) is 4.39 Å². The molecule has 1 aromatic carbocycles. The largest absolute Gasteiger partial charge is 0.378 e. The molecule has 1 aliphatic rings. The van der Waals surface area contributed by atoms with Crippen LogP contribution in [0, 0.1) is 11.7 Å². The predicted molar refractivity (Wildman–Crippen MR) is 93.5 cm³/mol. The molecule has 25 heavy (non-hydrogen) atoms. The van der Waals surface area contributed by atoms with Gasteiger partial charge in [0.05, 0.1) is 13.2 Å². The minimum Gasteiger partial charge on any atom is -0.378 e. The Hall–Kier alpha value is -1.95. The number of halogens is 1. The first-order valence-corrected chi connectivity index (χ1v) is 8.86. The summed E-state index contributed by atoms with van der Waals surface area (Å²) in [7, 11) is 0. The van der Waals surface area contributed by atoms with E-state index in [0.29, 0.717) is 45.1 Å². The van der Waals surface area contributed by atoms with E-state index in [9.17, 15) is 14.0 Å². The van der Waals surface area contributed by atoms with Crippen molar-refractivity contribution >= 4 is 11.8 Å². The van der Waals surface area contributed by atoms with Crippen molar-refractivity contribution in [2.75, 3.05) is 26.3 Å². The van der Waals surface area contributed by atoms with Crippen LogP contribution >= 0.6 is 0 Å². The van der Waals surface area contributed by atoms with Crippen molar-refractivity contribution in [3.05, 3.63) is 35.6 Å². The number of benzene rings is 1. The maximum Gasteiger partial charge on any atom is 0.245 e. The Balaban J connectivity index is 1.89. The molecule has 1 aromatic rings. The van der Waals surface area contributed by atoms with Gasteiger partial charge < -0.3 is 15.0 Å². The van der Waals surface area contributed by atoms with Gasteiger partial charge >= 0.3 is 0 Å². The van der Waals surface area contributed by atoms with E-state index in [2.05, 4.69) is 5.32 Å². The molecule has 0 aromatic heterocycles. The molecule has 1 unspecified atom stereocenters. The average Bonchev–Trinajstić information content (AvgIpc) is 2.60. The number of rotatable bonds is 7. The highest BCUT2D eigenvalue weighted by molar-refractivity contribution is 5.87. The van der Waals surface area contributed by atoms with E-state index >= 15 is 0 Å². The van der Waals surface area contributed by atoms with E-state index in [1.807, 2.05) is 13.8 Å². The van der Waals surface area contributed by atoms with Gasteiger partial charge in [0, 0.05) is 19.5 Å². The number of aryl methyl sites for hydroxylation is 1. The zero-order valence-electron chi connectivity index (χ0n) is 15.0. The van der Waals surface area contributed by atoms with Gasteiger partial charge in [0.2, 0.25) is 11.8 Å². The van der Waals surface area contributed by atoms with E-state index in [0.717, 1.165) is 5.56 Å². The molecule has 1 N–H and O–H groups in total. The lowest BCUT2D eigenvalue weighted by Gasteiger charge is -2.31.